The molecule has 2 bridgehead atoms. The maximum Gasteiger partial charge on any atom is 0.123 e. The normalized spacial score (nSPS) is 19.4. The maximum absolute atomic E-state index is 10.6. The summed E-state index contributed by atoms with van der Waals surface area (Å²) in [5.74, 6) is 1.13. The van der Waals surface area contributed by atoms with Gasteiger partial charge < -0.3 is 14.9 Å². The third-order valence-electron chi connectivity index (χ3n) is 5.35. The number of hydrogen-bond acceptors (Lipinski definition) is 3. The third kappa shape index (κ3) is 1.47. The van der Waals surface area contributed by atoms with E-state index < -0.39 is 0 Å². The molecule has 0 atom stereocenters. The van der Waals surface area contributed by atoms with Crippen LogP contribution < -0.4 is 4.74 Å². The Morgan fingerprint density at radius 1 is 0.667 bits per heavy atom. The van der Waals surface area contributed by atoms with Gasteiger partial charge in [0.1, 0.15) is 17.2 Å². The molecule has 3 aliphatic rings. The molecule has 0 saturated heterocycles. The molecule has 0 unspecified atom stereocenters. The Morgan fingerprint density at radius 2 is 1.17 bits per heavy atom. The lowest BCUT2D eigenvalue weighted by Crippen LogP contribution is -2.28. The molecule has 0 aliphatic heterocycles. The Balaban J connectivity index is 1.95. The van der Waals surface area contributed by atoms with Crippen LogP contribution in [-0.2, 0) is 0 Å². The molecule has 0 saturated carbocycles. The van der Waals surface area contributed by atoms with Gasteiger partial charge in [-0.15, -0.1) is 0 Å². The van der Waals surface area contributed by atoms with Crippen LogP contribution in [0.4, 0.5) is 0 Å². The lowest BCUT2D eigenvalue weighted by Gasteiger charge is -2.42. The first-order chi connectivity index (χ1) is 11.7. The van der Waals surface area contributed by atoms with E-state index in [0.717, 1.165) is 33.6 Å². The van der Waals surface area contributed by atoms with Crippen LogP contribution in [0.3, 0.4) is 0 Å². The van der Waals surface area contributed by atoms with Gasteiger partial charge in [0, 0.05) is 28.5 Å². The minimum Gasteiger partial charge on any atom is -0.508 e. The summed E-state index contributed by atoms with van der Waals surface area (Å²) in [5, 5.41) is 21.1. The zero-order valence-electron chi connectivity index (χ0n) is 13.2. The standard InChI is InChI=1S/C21H16O3/c1-24-16-10-4-7-13-17-11-5-2-8-14(22)18(11)21(20(13)16)19-12(17)6-3-9-15(19)23/h2-10,17,21-23H,1H3. The zero-order valence-corrected chi connectivity index (χ0v) is 13.2. The van der Waals surface area contributed by atoms with E-state index in [9.17, 15) is 10.2 Å². The summed E-state index contributed by atoms with van der Waals surface area (Å²) in [6.07, 6.45) is 0. The Morgan fingerprint density at radius 3 is 1.71 bits per heavy atom. The molecule has 0 fully saturated rings. The van der Waals surface area contributed by atoms with Gasteiger partial charge in [-0.1, -0.05) is 36.4 Å². The highest BCUT2D eigenvalue weighted by Gasteiger charge is 2.45. The van der Waals surface area contributed by atoms with Crippen LogP contribution in [0.25, 0.3) is 0 Å². The van der Waals surface area contributed by atoms with Crippen LogP contribution in [0, 0.1) is 0 Å². The predicted molar refractivity (Wildman–Crippen MR) is 91.1 cm³/mol. The fraction of sp³-hybridized carbons (Fsp3) is 0.143. The molecule has 118 valence electrons. The van der Waals surface area contributed by atoms with Crippen molar-refractivity contribution in [3.8, 4) is 17.2 Å². The van der Waals surface area contributed by atoms with E-state index in [2.05, 4.69) is 18.2 Å². The first kappa shape index (κ1) is 13.5. The molecule has 0 amide bonds. The first-order valence-electron chi connectivity index (χ1n) is 8.02. The summed E-state index contributed by atoms with van der Waals surface area (Å²) in [5.41, 5.74) is 6.23. The molecule has 0 heterocycles. The van der Waals surface area contributed by atoms with Crippen molar-refractivity contribution in [3.05, 3.63) is 88.0 Å². The summed E-state index contributed by atoms with van der Waals surface area (Å²) in [4.78, 5) is 0. The van der Waals surface area contributed by atoms with Crippen LogP contribution in [0.5, 0.6) is 17.2 Å². The number of hydrogen-bond donors (Lipinski definition) is 2. The number of ether oxygens (including phenoxy) is 1. The maximum atomic E-state index is 10.6. The van der Waals surface area contributed by atoms with Crippen molar-refractivity contribution in [1.29, 1.82) is 0 Å². The summed E-state index contributed by atoms with van der Waals surface area (Å²) >= 11 is 0. The second kappa shape index (κ2) is 4.54. The van der Waals surface area contributed by atoms with Crippen molar-refractivity contribution in [2.75, 3.05) is 7.11 Å². The minimum absolute atomic E-state index is 0.00398. The van der Waals surface area contributed by atoms with E-state index >= 15 is 0 Å². The molecule has 3 aromatic carbocycles. The average Bonchev–Trinajstić information content (AvgIpc) is 2.61. The fourth-order valence-corrected chi connectivity index (χ4v) is 4.51. The van der Waals surface area contributed by atoms with Gasteiger partial charge >= 0.3 is 0 Å². The third-order valence-corrected chi connectivity index (χ3v) is 5.35. The molecule has 6 rings (SSSR count). The summed E-state index contributed by atoms with van der Waals surface area (Å²) < 4.78 is 5.61. The quantitative estimate of drug-likeness (QED) is 0.489. The van der Waals surface area contributed by atoms with Gasteiger partial charge in [-0.2, -0.15) is 0 Å². The lowest BCUT2D eigenvalue weighted by molar-refractivity contribution is 0.403. The largest absolute Gasteiger partial charge is 0.508 e. The number of phenols is 2. The number of benzene rings is 3. The highest BCUT2D eigenvalue weighted by Crippen LogP contribution is 2.61. The van der Waals surface area contributed by atoms with Crippen LogP contribution in [0.2, 0.25) is 0 Å². The minimum atomic E-state index is -0.214. The Labute approximate surface area is 139 Å². The van der Waals surface area contributed by atoms with E-state index in [1.807, 2.05) is 24.3 Å². The molecular weight excluding hydrogens is 300 g/mol. The topological polar surface area (TPSA) is 49.7 Å². The van der Waals surface area contributed by atoms with E-state index in [0.29, 0.717) is 0 Å². The van der Waals surface area contributed by atoms with Gasteiger partial charge in [0.15, 0.2) is 0 Å². The lowest BCUT2D eigenvalue weighted by atomic mass is 9.60. The van der Waals surface area contributed by atoms with E-state index in [1.54, 1.807) is 19.2 Å². The molecule has 2 N–H and O–H groups in total. The van der Waals surface area contributed by atoms with Crippen molar-refractivity contribution in [1.82, 2.24) is 0 Å². The van der Waals surface area contributed by atoms with E-state index in [4.69, 9.17) is 4.74 Å². The first-order valence-corrected chi connectivity index (χ1v) is 8.02. The Bertz CT molecular complexity index is 937. The number of rotatable bonds is 1. The number of aromatic hydroxyl groups is 2. The van der Waals surface area contributed by atoms with Gasteiger partial charge in [-0.3, -0.25) is 0 Å². The zero-order chi connectivity index (χ0) is 16.4. The second-order valence-electron chi connectivity index (χ2n) is 6.39. The molecule has 0 radical (unpaired) electrons. The highest BCUT2D eigenvalue weighted by molar-refractivity contribution is 5.74. The number of methoxy groups -OCH3 is 1. The van der Waals surface area contributed by atoms with Crippen molar-refractivity contribution in [2.45, 2.75) is 11.8 Å². The van der Waals surface area contributed by atoms with Crippen LogP contribution in [0.15, 0.2) is 54.6 Å². The Hall–Kier alpha value is -2.94. The van der Waals surface area contributed by atoms with Gasteiger partial charge in [0.2, 0.25) is 0 Å². The van der Waals surface area contributed by atoms with Crippen molar-refractivity contribution < 1.29 is 14.9 Å². The summed E-state index contributed by atoms with van der Waals surface area (Å²) in [6.45, 7) is 0. The van der Waals surface area contributed by atoms with Gasteiger partial charge in [-0.25, -0.2) is 0 Å². The molecule has 24 heavy (non-hydrogen) atoms. The van der Waals surface area contributed by atoms with Crippen molar-refractivity contribution in [2.24, 2.45) is 0 Å². The Kier molecular flexibility index (Phi) is 2.55. The predicted octanol–water partition coefficient (Wildman–Crippen LogP) is 4.09. The van der Waals surface area contributed by atoms with Gasteiger partial charge in [-0.05, 0) is 34.9 Å². The highest BCUT2D eigenvalue weighted by atomic mass is 16.5. The molecule has 3 nitrogen and oxygen atoms in total. The van der Waals surface area contributed by atoms with Crippen molar-refractivity contribution >= 4 is 0 Å². The van der Waals surface area contributed by atoms with Gasteiger partial charge in [0.25, 0.3) is 0 Å². The number of phenolic OH excluding ortho intramolecular Hbond substituents is 2. The summed E-state index contributed by atoms with van der Waals surface area (Å²) in [6, 6.07) is 17.4. The molecule has 3 aliphatic carbocycles. The SMILES string of the molecule is COc1cccc2c1C1c3c(O)cccc3C2c2cccc(O)c21. The monoisotopic (exact) mass is 316 g/mol. The molecule has 0 aromatic heterocycles. The molecule has 3 aromatic rings. The molecule has 3 heteroatoms. The van der Waals surface area contributed by atoms with Crippen LogP contribution in [0.1, 0.15) is 45.2 Å². The van der Waals surface area contributed by atoms with E-state index in [1.165, 1.54) is 5.56 Å². The average molecular weight is 316 g/mol. The molecule has 0 spiro atoms. The second-order valence-corrected chi connectivity index (χ2v) is 6.39. The van der Waals surface area contributed by atoms with E-state index in [-0.39, 0.29) is 23.3 Å². The smallest absolute Gasteiger partial charge is 0.123 e. The molecular formula is C21H16O3. The van der Waals surface area contributed by atoms with Crippen LogP contribution >= 0.6 is 0 Å². The fourth-order valence-electron chi connectivity index (χ4n) is 4.51. The van der Waals surface area contributed by atoms with Gasteiger partial charge in [0.05, 0.1) is 7.11 Å². The van der Waals surface area contributed by atoms with Crippen LogP contribution in [-0.4, -0.2) is 17.3 Å². The van der Waals surface area contributed by atoms with Crippen molar-refractivity contribution in [3.63, 3.8) is 0 Å². The summed E-state index contributed by atoms with van der Waals surface area (Å²) in [7, 11) is 1.66.